The van der Waals surface area contributed by atoms with Gasteiger partial charge in [-0.1, -0.05) is 78.1 Å². The van der Waals surface area contributed by atoms with Gasteiger partial charge in [0.1, 0.15) is 0 Å². The molecule has 1 heterocycles. The fourth-order valence-corrected chi connectivity index (χ4v) is 6.67. The Balaban J connectivity index is 1.63. The van der Waals surface area contributed by atoms with Crippen LogP contribution in [0.15, 0.2) is 115 Å². The van der Waals surface area contributed by atoms with Crippen LogP contribution < -0.4 is 0 Å². The number of thioether (sulfide) groups is 2. The van der Waals surface area contributed by atoms with Crippen molar-refractivity contribution in [1.82, 2.24) is 4.31 Å². The van der Waals surface area contributed by atoms with Crippen LogP contribution in [0.25, 0.3) is 0 Å². The van der Waals surface area contributed by atoms with E-state index in [1.165, 1.54) is 0 Å². The lowest BCUT2D eigenvalue weighted by atomic mass is 10.4. The molecule has 3 aromatic carbocycles. The Morgan fingerprint density at radius 3 is 1.43 bits per heavy atom. The lowest BCUT2D eigenvalue weighted by molar-refractivity contribution is 0.486. The fourth-order valence-electron chi connectivity index (χ4n) is 2.90. The molecule has 0 amide bonds. The Morgan fingerprint density at radius 2 is 1.00 bits per heavy atom. The molecule has 0 bridgehead atoms. The largest absolute Gasteiger partial charge is 0.243 e. The molecule has 0 atom stereocenters. The summed E-state index contributed by atoms with van der Waals surface area (Å²) >= 11 is 3.29. The van der Waals surface area contributed by atoms with Crippen LogP contribution in [-0.4, -0.2) is 25.8 Å². The van der Waals surface area contributed by atoms with E-state index in [9.17, 15) is 8.42 Å². The summed E-state index contributed by atoms with van der Waals surface area (Å²) in [5.74, 6) is 0. The minimum absolute atomic E-state index is 0.338. The minimum atomic E-state index is -3.52. The van der Waals surface area contributed by atoms with Crippen molar-refractivity contribution in [2.45, 2.75) is 14.7 Å². The second-order valence-corrected chi connectivity index (χ2v) is 10.5. The Kier molecular flexibility index (Phi) is 5.92. The van der Waals surface area contributed by atoms with Gasteiger partial charge >= 0.3 is 0 Å². The van der Waals surface area contributed by atoms with E-state index in [1.807, 2.05) is 42.5 Å². The number of sulfonamides is 1. The third-order valence-electron chi connectivity index (χ3n) is 4.30. The SMILES string of the molecule is O=S(=O)(c1ccccc1)N1CC(Sc2ccccc2)=C(Sc2ccccc2)C1. The molecule has 0 aromatic heterocycles. The third kappa shape index (κ3) is 4.36. The zero-order valence-electron chi connectivity index (χ0n) is 15.1. The molecule has 1 aliphatic heterocycles. The molecule has 0 saturated carbocycles. The molecule has 0 aliphatic carbocycles. The highest BCUT2D eigenvalue weighted by Gasteiger charge is 2.33. The maximum Gasteiger partial charge on any atom is 0.243 e. The fraction of sp³-hybridized carbons (Fsp3) is 0.0909. The topological polar surface area (TPSA) is 37.4 Å². The normalized spacial score (nSPS) is 15.1. The maximum atomic E-state index is 13.1. The first-order valence-electron chi connectivity index (χ1n) is 8.86. The van der Waals surface area contributed by atoms with Crippen molar-refractivity contribution in [2.24, 2.45) is 0 Å². The van der Waals surface area contributed by atoms with Gasteiger partial charge in [-0.25, -0.2) is 8.42 Å². The third-order valence-corrected chi connectivity index (χ3v) is 8.50. The van der Waals surface area contributed by atoms with Crippen LogP contribution in [0.3, 0.4) is 0 Å². The van der Waals surface area contributed by atoms with Gasteiger partial charge < -0.3 is 0 Å². The zero-order valence-corrected chi connectivity index (χ0v) is 17.5. The number of hydrogen-bond acceptors (Lipinski definition) is 4. The summed E-state index contributed by atoms with van der Waals surface area (Å²) in [5, 5.41) is 0. The lowest BCUT2D eigenvalue weighted by Crippen LogP contribution is -2.29. The van der Waals surface area contributed by atoms with E-state index in [2.05, 4.69) is 24.3 Å². The van der Waals surface area contributed by atoms with E-state index < -0.39 is 10.0 Å². The Morgan fingerprint density at radius 1 is 0.607 bits per heavy atom. The highest BCUT2D eigenvalue weighted by atomic mass is 32.2. The van der Waals surface area contributed by atoms with Crippen molar-refractivity contribution < 1.29 is 8.42 Å². The van der Waals surface area contributed by atoms with Gasteiger partial charge in [0, 0.05) is 32.7 Å². The molecule has 28 heavy (non-hydrogen) atoms. The number of rotatable bonds is 6. The van der Waals surface area contributed by atoms with Crippen molar-refractivity contribution >= 4 is 33.5 Å². The second-order valence-electron chi connectivity index (χ2n) is 6.26. The highest BCUT2D eigenvalue weighted by Crippen LogP contribution is 2.42. The molecule has 0 spiro atoms. The number of benzene rings is 3. The quantitative estimate of drug-likeness (QED) is 0.524. The molecule has 6 heteroatoms. The molecule has 0 fully saturated rings. The van der Waals surface area contributed by atoms with E-state index in [0.717, 1.165) is 19.6 Å². The smallest absolute Gasteiger partial charge is 0.207 e. The molecule has 0 N–H and O–H groups in total. The van der Waals surface area contributed by atoms with Gasteiger partial charge in [0.05, 0.1) is 4.90 Å². The summed E-state index contributed by atoms with van der Waals surface area (Å²) in [4.78, 5) is 4.73. The van der Waals surface area contributed by atoms with Crippen LogP contribution in [0.2, 0.25) is 0 Å². The van der Waals surface area contributed by atoms with Gasteiger partial charge in [-0.3, -0.25) is 0 Å². The Labute approximate surface area is 174 Å². The molecule has 0 saturated heterocycles. The van der Waals surface area contributed by atoms with Crippen molar-refractivity contribution in [3.63, 3.8) is 0 Å². The lowest BCUT2D eigenvalue weighted by Gasteiger charge is -2.16. The average Bonchev–Trinajstić information content (AvgIpc) is 3.13. The summed E-state index contributed by atoms with van der Waals surface area (Å²) in [5.41, 5.74) is 0. The summed E-state index contributed by atoms with van der Waals surface area (Å²) in [7, 11) is -3.52. The van der Waals surface area contributed by atoms with E-state index in [0.29, 0.717) is 18.0 Å². The number of hydrogen-bond donors (Lipinski definition) is 0. The first-order valence-corrected chi connectivity index (χ1v) is 11.9. The van der Waals surface area contributed by atoms with Crippen molar-refractivity contribution in [2.75, 3.05) is 13.1 Å². The minimum Gasteiger partial charge on any atom is -0.207 e. The van der Waals surface area contributed by atoms with Crippen LogP contribution >= 0.6 is 23.5 Å². The van der Waals surface area contributed by atoms with Crippen molar-refractivity contribution in [1.29, 1.82) is 0 Å². The van der Waals surface area contributed by atoms with Gasteiger partial charge in [0.2, 0.25) is 10.0 Å². The van der Waals surface area contributed by atoms with Crippen molar-refractivity contribution in [3.8, 4) is 0 Å². The van der Waals surface area contributed by atoms with Gasteiger partial charge in [0.25, 0.3) is 0 Å². The van der Waals surface area contributed by atoms with Gasteiger partial charge in [-0.05, 0) is 36.4 Å². The number of nitrogens with zero attached hydrogens (tertiary/aromatic N) is 1. The predicted octanol–water partition coefficient (Wildman–Crippen LogP) is 5.49. The molecular weight excluding hydrogens is 406 g/mol. The van der Waals surface area contributed by atoms with Crippen LogP contribution in [0.4, 0.5) is 0 Å². The average molecular weight is 426 g/mol. The molecule has 3 nitrogen and oxygen atoms in total. The highest BCUT2D eigenvalue weighted by molar-refractivity contribution is 8.07. The van der Waals surface area contributed by atoms with Crippen LogP contribution in [-0.2, 0) is 10.0 Å². The van der Waals surface area contributed by atoms with Gasteiger partial charge in [-0.2, -0.15) is 4.31 Å². The van der Waals surface area contributed by atoms with Crippen LogP contribution in [0.1, 0.15) is 0 Å². The maximum absolute atomic E-state index is 13.1. The summed E-state index contributed by atoms with van der Waals surface area (Å²) in [6.45, 7) is 0.790. The monoisotopic (exact) mass is 425 g/mol. The Hall–Kier alpha value is -1.99. The Bertz CT molecular complexity index is 1010. The molecule has 0 radical (unpaired) electrons. The second kappa shape index (κ2) is 8.57. The van der Waals surface area contributed by atoms with E-state index >= 15 is 0 Å². The zero-order chi connectivity index (χ0) is 19.4. The van der Waals surface area contributed by atoms with Gasteiger partial charge in [0.15, 0.2) is 0 Å². The first kappa shape index (κ1) is 19.3. The van der Waals surface area contributed by atoms with E-state index in [4.69, 9.17) is 0 Å². The van der Waals surface area contributed by atoms with E-state index in [1.54, 1.807) is 52.1 Å². The summed E-state index contributed by atoms with van der Waals surface area (Å²) in [6.07, 6.45) is 0. The molecule has 3 aromatic rings. The van der Waals surface area contributed by atoms with Gasteiger partial charge in [-0.15, -0.1) is 0 Å². The van der Waals surface area contributed by atoms with Crippen molar-refractivity contribution in [3.05, 3.63) is 101 Å². The molecule has 4 rings (SSSR count). The molecule has 142 valence electrons. The molecular formula is C22H19NO2S3. The standard InChI is InChI=1S/C22H19NO2S3/c24-28(25,20-14-8-3-9-15-20)23-16-21(26-18-10-4-1-5-11-18)22(17-23)27-19-12-6-2-7-13-19/h1-15H,16-17H2. The summed E-state index contributed by atoms with van der Waals surface area (Å²) < 4.78 is 27.8. The molecule has 1 aliphatic rings. The van der Waals surface area contributed by atoms with Crippen LogP contribution in [0, 0.1) is 0 Å². The van der Waals surface area contributed by atoms with E-state index in [-0.39, 0.29) is 0 Å². The first-order chi connectivity index (χ1) is 13.6. The molecule has 0 unspecified atom stereocenters. The van der Waals surface area contributed by atoms with Crippen LogP contribution in [0.5, 0.6) is 0 Å². The predicted molar refractivity (Wildman–Crippen MR) is 117 cm³/mol. The summed E-state index contributed by atoms with van der Waals surface area (Å²) in [6, 6.07) is 28.8.